The van der Waals surface area contributed by atoms with Crippen molar-refractivity contribution in [3.05, 3.63) is 47.7 Å². The van der Waals surface area contributed by atoms with Crippen LogP contribution in [0.2, 0.25) is 0 Å². The van der Waals surface area contributed by atoms with Crippen molar-refractivity contribution >= 4 is 21.7 Å². The molecule has 0 amide bonds. The zero-order valence-corrected chi connectivity index (χ0v) is 12.4. The molecule has 0 spiro atoms. The molecule has 0 aliphatic heterocycles. The number of aromatic carboxylic acids is 1. The normalized spacial score (nSPS) is 11.3. The first-order valence-corrected chi connectivity index (χ1v) is 7.71. The minimum Gasteiger partial charge on any atom is -0.475 e. The van der Waals surface area contributed by atoms with E-state index in [0.717, 1.165) is 28.4 Å². The van der Waals surface area contributed by atoms with Crippen LogP contribution in [0.3, 0.4) is 0 Å². The Morgan fingerprint density at radius 1 is 1.19 bits per heavy atom. The summed E-state index contributed by atoms with van der Waals surface area (Å²) in [5.41, 5.74) is 1.57. The number of carbonyl (C=O) groups is 1. The van der Waals surface area contributed by atoms with Gasteiger partial charge in [0, 0.05) is 7.05 Å². The quantitative estimate of drug-likeness (QED) is 0.916. The van der Waals surface area contributed by atoms with Crippen LogP contribution >= 0.6 is 0 Å². The summed E-state index contributed by atoms with van der Waals surface area (Å²) in [6, 6.07) is 9.31. The van der Waals surface area contributed by atoms with Gasteiger partial charge in [-0.1, -0.05) is 19.1 Å². The molecule has 0 unspecified atom stereocenters. The summed E-state index contributed by atoms with van der Waals surface area (Å²) in [6.45, 7) is 2.01. The molecular formula is C14H15NO5S. The van der Waals surface area contributed by atoms with Gasteiger partial charge in [-0.05, 0) is 36.2 Å². The van der Waals surface area contributed by atoms with Gasteiger partial charge in [0.15, 0.2) is 0 Å². The smallest absolute Gasteiger partial charge is 0.371 e. The van der Waals surface area contributed by atoms with Crippen LogP contribution < -0.4 is 4.31 Å². The number of nitrogens with zero attached hydrogens (tertiary/aromatic N) is 1. The molecule has 0 atom stereocenters. The first-order chi connectivity index (χ1) is 9.86. The van der Waals surface area contributed by atoms with Crippen LogP contribution in [0.4, 0.5) is 5.69 Å². The van der Waals surface area contributed by atoms with Crippen molar-refractivity contribution in [2.75, 3.05) is 11.4 Å². The van der Waals surface area contributed by atoms with E-state index >= 15 is 0 Å². The van der Waals surface area contributed by atoms with Crippen LogP contribution in [0.5, 0.6) is 0 Å². The summed E-state index contributed by atoms with van der Waals surface area (Å²) in [5.74, 6) is -1.73. The molecule has 0 aliphatic carbocycles. The van der Waals surface area contributed by atoms with Gasteiger partial charge in [0.05, 0.1) is 5.69 Å². The van der Waals surface area contributed by atoms with Crippen LogP contribution in [0.1, 0.15) is 23.0 Å². The van der Waals surface area contributed by atoms with Gasteiger partial charge < -0.3 is 9.52 Å². The Bertz CT molecular complexity index is 746. The average molecular weight is 309 g/mol. The molecule has 2 rings (SSSR count). The second kappa shape index (κ2) is 5.61. The summed E-state index contributed by atoms with van der Waals surface area (Å²) >= 11 is 0. The van der Waals surface area contributed by atoms with Gasteiger partial charge in [0.1, 0.15) is 0 Å². The first-order valence-electron chi connectivity index (χ1n) is 6.27. The molecule has 1 aromatic heterocycles. The number of aryl methyl sites for hydroxylation is 1. The largest absolute Gasteiger partial charge is 0.475 e. The minimum atomic E-state index is -3.92. The van der Waals surface area contributed by atoms with Crippen LogP contribution in [-0.2, 0) is 16.4 Å². The third-order valence-corrected chi connectivity index (χ3v) is 4.77. The Hall–Kier alpha value is -2.28. The van der Waals surface area contributed by atoms with Crippen LogP contribution in [-0.4, -0.2) is 26.5 Å². The first kappa shape index (κ1) is 15.1. The fraction of sp³-hybridized carbons (Fsp3) is 0.214. The molecule has 7 heteroatoms. The van der Waals surface area contributed by atoms with Gasteiger partial charge >= 0.3 is 5.97 Å². The molecule has 112 valence electrons. The lowest BCUT2D eigenvalue weighted by Gasteiger charge is -2.18. The minimum absolute atomic E-state index is 0.401. The van der Waals surface area contributed by atoms with Gasteiger partial charge in [-0.15, -0.1) is 0 Å². The van der Waals surface area contributed by atoms with E-state index in [9.17, 15) is 13.2 Å². The number of hydrogen-bond donors (Lipinski definition) is 1. The molecule has 0 bridgehead atoms. The van der Waals surface area contributed by atoms with Crippen molar-refractivity contribution < 1.29 is 22.7 Å². The highest BCUT2D eigenvalue weighted by Crippen LogP contribution is 2.24. The predicted molar refractivity (Wildman–Crippen MR) is 77.1 cm³/mol. The molecule has 0 fully saturated rings. The summed E-state index contributed by atoms with van der Waals surface area (Å²) in [7, 11) is -2.53. The lowest BCUT2D eigenvalue weighted by Crippen LogP contribution is -2.26. The molecule has 0 aliphatic rings. The number of carboxylic acids is 1. The molecule has 1 aromatic carbocycles. The highest BCUT2D eigenvalue weighted by molar-refractivity contribution is 7.92. The average Bonchev–Trinajstić information content (AvgIpc) is 2.97. The van der Waals surface area contributed by atoms with Crippen molar-refractivity contribution in [3.63, 3.8) is 0 Å². The molecule has 6 nitrogen and oxygen atoms in total. The summed E-state index contributed by atoms with van der Waals surface area (Å²) < 4.78 is 30.6. The molecule has 2 aromatic rings. The second-order valence-electron chi connectivity index (χ2n) is 4.42. The SMILES string of the molecule is CCc1ccc(N(C)S(=O)(=O)c2ccc(C(=O)O)o2)cc1. The lowest BCUT2D eigenvalue weighted by atomic mass is 10.1. The Morgan fingerprint density at radius 3 is 2.29 bits per heavy atom. The number of anilines is 1. The maximum absolute atomic E-state index is 12.4. The van der Waals surface area contributed by atoms with Crippen molar-refractivity contribution in [2.45, 2.75) is 18.4 Å². The van der Waals surface area contributed by atoms with Gasteiger partial charge in [-0.3, -0.25) is 4.31 Å². The van der Waals surface area contributed by atoms with E-state index in [2.05, 4.69) is 0 Å². The predicted octanol–water partition coefficient (Wildman–Crippen LogP) is 2.37. The standard InChI is InChI=1S/C14H15NO5S/c1-3-10-4-6-11(7-5-10)15(2)21(18,19)13-9-8-12(20-13)14(16)17/h4-9H,3H2,1-2H3,(H,16,17). The fourth-order valence-electron chi connectivity index (χ4n) is 1.79. The Balaban J connectivity index is 2.34. The van der Waals surface area contributed by atoms with E-state index in [1.165, 1.54) is 7.05 Å². The maximum Gasteiger partial charge on any atom is 0.371 e. The molecule has 0 radical (unpaired) electrons. The van der Waals surface area contributed by atoms with Gasteiger partial charge in [-0.25, -0.2) is 4.79 Å². The van der Waals surface area contributed by atoms with Crippen LogP contribution in [0, 0.1) is 0 Å². The molecular weight excluding hydrogens is 294 g/mol. The van der Waals surface area contributed by atoms with Crippen LogP contribution in [0.15, 0.2) is 45.9 Å². The Morgan fingerprint density at radius 2 is 1.81 bits per heavy atom. The highest BCUT2D eigenvalue weighted by Gasteiger charge is 2.26. The van der Waals surface area contributed by atoms with Gasteiger partial charge in [-0.2, -0.15) is 8.42 Å². The number of sulfonamides is 1. The van der Waals surface area contributed by atoms with E-state index in [4.69, 9.17) is 9.52 Å². The van der Waals surface area contributed by atoms with Crippen molar-refractivity contribution in [1.82, 2.24) is 0 Å². The topological polar surface area (TPSA) is 87.8 Å². The number of rotatable bonds is 5. The third-order valence-electron chi connectivity index (χ3n) is 3.12. The number of furan rings is 1. The number of hydrogen-bond acceptors (Lipinski definition) is 4. The molecule has 0 saturated heterocycles. The molecule has 1 heterocycles. The Labute approximate surface area is 122 Å². The summed E-state index contributed by atoms with van der Waals surface area (Å²) in [5, 5.41) is 8.37. The lowest BCUT2D eigenvalue weighted by molar-refractivity contribution is 0.0656. The van der Waals surface area contributed by atoms with Crippen molar-refractivity contribution in [1.29, 1.82) is 0 Å². The third kappa shape index (κ3) is 2.92. The summed E-state index contributed by atoms with van der Waals surface area (Å²) in [6.07, 6.45) is 0.858. The number of carboxylic acid groups (broad SMARTS) is 1. The second-order valence-corrected chi connectivity index (χ2v) is 6.32. The molecule has 0 saturated carbocycles. The van der Waals surface area contributed by atoms with Gasteiger partial charge in [0.2, 0.25) is 10.9 Å². The highest BCUT2D eigenvalue weighted by atomic mass is 32.2. The molecule has 1 N–H and O–H groups in total. The van der Waals surface area contributed by atoms with E-state index < -0.39 is 26.8 Å². The monoisotopic (exact) mass is 309 g/mol. The Kier molecular flexibility index (Phi) is 4.04. The zero-order valence-electron chi connectivity index (χ0n) is 11.6. The molecule has 21 heavy (non-hydrogen) atoms. The fourth-order valence-corrected chi connectivity index (χ4v) is 2.89. The van der Waals surface area contributed by atoms with Crippen LogP contribution in [0.25, 0.3) is 0 Å². The van der Waals surface area contributed by atoms with E-state index in [-0.39, 0.29) is 0 Å². The van der Waals surface area contributed by atoms with Crippen molar-refractivity contribution in [3.8, 4) is 0 Å². The maximum atomic E-state index is 12.4. The van der Waals surface area contributed by atoms with Crippen molar-refractivity contribution in [2.24, 2.45) is 0 Å². The van der Waals surface area contributed by atoms with Gasteiger partial charge in [0.25, 0.3) is 10.0 Å². The summed E-state index contributed by atoms with van der Waals surface area (Å²) in [4.78, 5) is 10.7. The van der Waals surface area contributed by atoms with E-state index in [1.54, 1.807) is 12.1 Å². The van der Waals surface area contributed by atoms with E-state index in [0.29, 0.717) is 5.69 Å². The number of benzene rings is 1. The zero-order chi connectivity index (χ0) is 15.6. The van der Waals surface area contributed by atoms with E-state index in [1.807, 2.05) is 19.1 Å².